The highest BCUT2D eigenvalue weighted by atomic mass is 16.5. The van der Waals surface area contributed by atoms with Gasteiger partial charge in [-0.05, 0) is 11.8 Å². The molecule has 0 fully saturated rings. The number of nitrogens with two attached hydrogens (primary N) is 1. The van der Waals surface area contributed by atoms with E-state index in [-0.39, 0.29) is 30.2 Å². The van der Waals surface area contributed by atoms with Crippen molar-refractivity contribution in [3.05, 3.63) is 0 Å². The molecule has 0 aliphatic carbocycles. The van der Waals surface area contributed by atoms with Crippen LogP contribution in [0.3, 0.4) is 0 Å². The van der Waals surface area contributed by atoms with Crippen molar-refractivity contribution in [2.24, 2.45) is 17.6 Å². The van der Waals surface area contributed by atoms with Crippen molar-refractivity contribution in [3.8, 4) is 0 Å². The topological polar surface area (TPSA) is 81.4 Å². The van der Waals surface area contributed by atoms with Crippen LogP contribution in [0.15, 0.2) is 0 Å². The lowest BCUT2D eigenvalue weighted by Gasteiger charge is -2.23. The number of carbonyl (C=O) groups is 2. The number of amides is 1. The Hall–Kier alpha value is -1.10. The van der Waals surface area contributed by atoms with E-state index in [2.05, 4.69) is 5.32 Å². The van der Waals surface area contributed by atoms with E-state index in [1.165, 1.54) is 7.11 Å². The monoisotopic (exact) mass is 258 g/mol. The Morgan fingerprint density at radius 3 is 2.22 bits per heavy atom. The molecule has 0 aliphatic heterocycles. The third-order valence-electron chi connectivity index (χ3n) is 3.26. The first-order chi connectivity index (χ1) is 8.33. The number of methoxy groups -OCH3 is 1. The molecule has 0 aliphatic rings. The van der Waals surface area contributed by atoms with E-state index in [4.69, 9.17) is 10.5 Å². The van der Waals surface area contributed by atoms with Crippen LogP contribution >= 0.6 is 0 Å². The fraction of sp³-hybridized carbons (Fsp3) is 0.846. The predicted molar refractivity (Wildman–Crippen MR) is 70.8 cm³/mol. The van der Waals surface area contributed by atoms with Crippen molar-refractivity contribution in [2.45, 2.75) is 52.6 Å². The standard InChI is InChI=1S/C13H26N2O3/c1-6-9(4)12(13(17)18-5)15-11(16)7-10(14)8(2)3/h8-10,12H,6-7,14H2,1-5H3,(H,15,16). The molecule has 0 saturated carbocycles. The van der Waals surface area contributed by atoms with Gasteiger partial charge in [0.2, 0.25) is 5.91 Å². The molecule has 0 saturated heterocycles. The highest BCUT2D eigenvalue weighted by Gasteiger charge is 2.27. The summed E-state index contributed by atoms with van der Waals surface area (Å²) < 4.78 is 4.70. The number of rotatable bonds is 7. The zero-order chi connectivity index (χ0) is 14.3. The number of hydrogen-bond acceptors (Lipinski definition) is 4. The van der Waals surface area contributed by atoms with E-state index in [0.717, 1.165) is 6.42 Å². The molecule has 0 spiro atoms. The molecule has 0 bridgehead atoms. The Morgan fingerprint density at radius 2 is 1.83 bits per heavy atom. The van der Waals surface area contributed by atoms with Crippen LogP contribution in [0.5, 0.6) is 0 Å². The van der Waals surface area contributed by atoms with Gasteiger partial charge in [0.25, 0.3) is 0 Å². The quantitative estimate of drug-likeness (QED) is 0.669. The van der Waals surface area contributed by atoms with Gasteiger partial charge in [0.15, 0.2) is 0 Å². The number of ether oxygens (including phenoxy) is 1. The van der Waals surface area contributed by atoms with Gasteiger partial charge < -0.3 is 15.8 Å². The SMILES string of the molecule is CCC(C)C(NC(=O)CC(N)C(C)C)C(=O)OC. The van der Waals surface area contributed by atoms with Gasteiger partial charge in [0, 0.05) is 12.5 Å². The molecule has 3 unspecified atom stereocenters. The van der Waals surface area contributed by atoms with Gasteiger partial charge in [-0.2, -0.15) is 0 Å². The minimum absolute atomic E-state index is 0.0386. The van der Waals surface area contributed by atoms with E-state index >= 15 is 0 Å². The molecule has 3 atom stereocenters. The summed E-state index contributed by atoms with van der Waals surface area (Å²) in [6, 6.07) is -0.785. The molecular weight excluding hydrogens is 232 g/mol. The van der Waals surface area contributed by atoms with Crippen LogP contribution in [-0.2, 0) is 14.3 Å². The summed E-state index contributed by atoms with van der Waals surface area (Å²) in [6.45, 7) is 7.80. The van der Waals surface area contributed by atoms with Crippen LogP contribution in [0.4, 0.5) is 0 Å². The molecule has 3 N–H and O–H groups in total. The highest BCUT2D eigenvalue weighted by molar-refractivity contribution is 5.84. The Morgan fingerprint density at radius 1 is 1.28 bits per heavy atom. The molecule has 0 aromatic heterocycles. The maximum atomic E-state index is 11.8. The van der Waals surface area contributed by atoms with Crippen LogP contribution in [0, 0.1) is 11.8 Å². The van der Waals surface area contributed by atoms with Gasteiger partial charge in [-0.15, -0.1) is 0 Å². The lowest BCUT2D eigenvalue weighted by atomic mass is 9.97. The summed E-state index contributed by atoms with van der Waals surface area (Å²) in [5.41, 5.74) is 5.83. The zero-order valence-corrected chi connectivity index (χ0v) is 12.0. The molecular formula is C13H26N2O3. The predicted octanol–water partition coefficient (Wildman–Crippen LogP) is 1.06. The Balaban J connectivity index is 4.49. The van der Waals surface area contributed by atoms with E-state index in [1.807, 2.05) is 27.7 Å². The van der Waals surface area contributed by atoms with Crippen LogP contribution in [0.1, 0.15) is 40.5 Å². The lowest BCUT2D eigenvalue weighted by molar-refractivity contribution is -0.146. The molecule has 0 radical (unpaired) electrons. The Labute approximate surface area is 109 Å². The van der Waals surface area contributed by atoms with Gasteiger partial charge in [0.05, 0.1) is 7.11 Å². The minimum Gasteiger partial charge on any atom is -0.467 e. The van der Waals surface area contributed by atoms with Gasteiger partial charge in [-0.1, -0.05) is 34.1 Å². The molecule has 0 heterocycles. The minimum atomic E-state index is -0.591. The molecule has 0 aromatic rings. The summed E-state index contributed by atoms with van der Waals surface area (Å²) in [5, 5.41) is 2.71. The maximum Gasteiger partial charge on any atom is 0.328 e. The lowest BCUT2D eigenvalue weighted by Crippen LogP contribution is -2.47. The van der Waals surface area contributed by atoms with Crippen molar-refractivity contribution >= 4 is 11.9 Å². The Kier molecular flexibility index (Phi) is 7.59. The highest BCUT2D eigenvalue weighted by Crippen LogP contribution is 2.10. The molecule has 0 rings (SSSR count). The van der Waals surface area contributed by atoms with Gasteiger partial charge >= 0.3 is 5.97 Å². The van der Waals surface area contributed by atoms with Crippen molar-refractivity contribution in [1.29, 1.82) is 0 Å². The van der Waals surface area contributed by atoms with Gasteiger partial charge in [-0.3, -0.25) is 4.79 Å². The summed E-state index contributed by atoms with van der Waals surface area (Å²) in [4.78, 5) is 23.4. The van der Waals surface area contributed by atoms with Crippen molar-refractivity contribution in [2.75, 3.05) is 7.11 Å². The van der Waals surface area contributed by atoms with Crippen LogP contribution in [0.2, 0.25) is 0 Å². The first-order valence-electron chi connectivity index (χ1n) is 6.46. The fourth-order valence-corrected chi connectivity index (χ4v) is 1.48. The number of carbonyl (C=O) groups excluding carboxylic acids is 2. The molecule has 5 heteroatoms. The van der Waals surface area contributed by atoms with Crippen molar-refractivity contribution < 1.29 is 14.3 Å². The zero-order valence-electron chi connectivity index (χ0n) is 12.0. The normalized spacial score (nSPS) is 15.9. The van der Waals surface area contributed by atoms with Gasteiger partial charge in [0.1, 0.15) is 6.04 Å². The largest absolute Gasteiger partial charge is 0.467 e. The summed E-state index contributed by atoms with van der Waals surface area (Å²) in [7, 11) is 1.32. The molecule has 1 amide bonds. The average Bonchev–Trinajstić information content (AvgIpc) is 2.33. The van der Waals surface area contributed by atoms with Gasteiger partial charge in [-0.25, -0.2) is 4.79 Å². The Bertz CT molecular complexity index is 279. The van der Waals surface area contributed by atoms with E-state index in [0.29, 0.717) is 0 Å². The number of nitrogens with one attached hydrogen (secondary N) is 1. The number of hydrogen-bond donors (Lipinski definition) is 2. The third kappa shape index (κ3) is 5.49. The molecule has 18 heavy (non-hydrogen) atoms. The van der Waals surface area contributed by atoms with Crippen molar-refractivity contribution in [3.63, 3.8) is 0 Å². The first-order valence-corrected chi connectivity index (χ1v) is 6.46. The second kappa shape index (κ2) is 8.08. The van der Waals surface area contributed by atoms with E-state index < -0.39 is 12.0 Å². The van der Waals surface area contributed by atoms with E-state index in [9.17, 15) is 9.59 Å². The second-order valence-corrected chi connectivity index (χ2v) is 5.07. The summed E-state index contributed by atoms with van der Waals surface area (Å²) >= 11 is 0. The molecule has 0 aromatic carbocycles. The third-order valence-corrected chi connectivity index (χ3v) is 3.26. The molecule has 106 valence electrons. The fourth-order valence-electron chi connectivity index (χ4n) is 1.48. The number of esters is 1. The van der Waals surface area contributed by atoms with Crippen molar-refractivity contribution in [1.82, 2.24) is 5.32 Å². The smallest absolute Gasteiger partial charge is 0.328 e. The summed E-state index contributed by atoms with van der Waals surface area (Å²) in [6.07, 6.45) is 1.01. The van der Waals surface area contributed by atoms with E-state index in [1.54, 1.807) is 0 Å². The van der Waals surface area contributed by atoms with Crippen LogP contribution < -0.4 is 11.1 Å². The van der Waals surface area contributed by atoms with Crippen LogP contribution in [0.25, 0.3) is 0 Å². The van der Waals surface area contributed by atoms with Crippen LogP contribution in [-0.4, -0.2) is 31.1 Å². The second-order valence-electron chi connectivity index (χ2n) is 5.07. The summed E-state index contributed by atoms with van der Waals surface area (Å²) in [5.74, 6) is -0.338. The first kappa shape index (κ1) is 16.9. The molecule has 5 nitrogen and oxygen atoms in total. The maximum absolute atomic E-state index is 11.8. The average molecular weight is 258 g/mol.